The molecular weight excluding hydrogens is 550 g/mol. The maximum Gasteiger partial charge on any atom is 0.387 e. The molecule has 1 heterocycles. The Kier molecular flexibility index (Phi) is 7.17. The number of esters is 1. The summed E-state index contributed by atoms with van der Waals surface area (Å²) in [5.41, 5.74) is -6.59. The van der Waals surface area contributed by atoms with E-state index in [4.69, 9.17) is 26.4 Å². The van der Waals surface area contributed by atoms with E-state index in [2.05, 4.69) is 0 Å². The number of carbonyl (C=O) groups excluding carboxylic acids is 3. The molecule has 1 unspecified atom stereocenters. The Bertz CT molecular complexity index is 1170. The van der Waals surface area contributed by atoms with Gasteiger partial charge in [0.25, 0.3) is 5.12 Å². The highest BCUT2D eigenvalue weighted by Crippen LogP contribution is 2.71. The average molecular weight is 585 g/mol. The number of thiocarbonyl (C=S) groups is 1. The number of allylic oxidation sites excluding steroid dienone is 4. The topological polar surface area (TPSA) is 99.1 Å². The summed E-state index contributed by atoms with van der Waals surface area (Å²) in [6.45, 7) is 5.94. The van der Waals surface area contributed by atoms with Crippen molar-refractivity contribution in [3.05, 3.63) is 23.8 Å². The number of hydrogen-bond acceptors (Lipinski definition) is 9. The first-order valence-electron chi connectivity index (χ1n) is 13.3. The second-order valence-electron chi connectivity index (χ2n) is 12.0. The van der Waals surface area contributed by atoms with Gasteiger partial charge >= 0.3 is 5.97 Å². The summed E-state index contributed by atoms with van der Waals surface area (Å²) in [6.07, 6.45) is 1.06. The Balaban J connectivity index is 1.54. The SMILES string of the molecule is COC(=S)[C@@]1(OC(=O)C(=O)SC2CCOC2)[C@H](C)C[C@H]2[C@@H]3C[C@H](F)C4=CC(=O)C=C[C@]4(C)[C@@]3(F)[C@@H](O)C[C@@]21C. The van der Waals surface area contributed by atoms with Crippen LogP contribution >= 0.6 is 24.0 Å². The van der Waals surface area contributed by atoms with E-state index >= 15 is 8.78 Å². The molecule has 0 bridgehead atoms. The van der Waals surface area contributed by atoms with Crippen LogP contribution < -0.4 is 0 Å². The van der Waals surface area contributed by atoms with Gasteiger partial charge in [-0.3, -0.25) is 9.59 Å². The van der Waals surface area contributed by atoms with Crippen LogP contribution in [-0.2, 0) is 28.6 Å². The van der Waals surface area contributed by atoms with Gasteiger partial charge in [-0.25, -0.2) is 13.6 Å². The normalized spacial score (nSPS) is 46.5. The minimum Gasteiger partial charge on any atom is -0.487 e. The zero-order valence-corrected chi connectivity index (χ0v) is 24.0. The molecule has 5 aliphatic rings. The van der Waals surface area contributed by atoms with Crippen molar-refractivity contribution in [1.82, 2.24) is 0 Å². The molecule has 7 nitrogen and oxygen atoms in total. The lowest BCUT2D eigenvalue weighted by Crippen LogP contribution is -2.71. The third-order valence-electron chi connectivity index (χ3n) is 10.2. The molecule has 1 N–H and O–H groups in total. The first-order chi connectivity index (χ1) is 18.3. The molecule has 1 aliphatic heterocycles. The van der Waals surface area contributed by atoms with Gasteiger partial charge in [0.05, 0.1) is 19.8 Å². The summed E-state index contributed by atoms with van der Waals surface area (Å²) in [5, 5.41) is 10.6. The fraction of sp³-hybridized carbons (Fsp3) is 0.714. The number of methoxy groups -OCH3 is 1. The van der Waals surface area contributed by atoms with Gasteiger partial charge in [-0.05, 0) is 68.5 Å². The van der Waals surface area contributed by atoms with Crippen molar-refractivity contribution in [3.8, 4) is 0 Å². The van der Waals surface area contributed by atoms with E-state index in [-0.39, 0.29) is 28.7 Å². The lowest BCUT2D eigenvalue weighted by molar-refractivity contribution is -0.221. The number of rotatable bonds is 3. The maximum absolute atomic E-state index is 17.5. The largest absolute Gasteiger partial charge is 0.487 e. The monoisotopic (exact) mass is 584 g/mol. The van der Waals surface area contributed by atoms with Crippen molar-refractivity contribution in [3.63, 3.8) is 0 Å². The summed E-state index contributed by atoms with van der Waals surface area (Å²) in [6, 6.07) is 0. The fourth-order valence-corrected chi connectivity index (χ4v) is 9.66. The molecule has 0 aromatic carbocycles. The van der Waals surface area contributed by atoms with Crippen LogP contribution in [0.3, 0.4) is 0 Å². The van der Waals surface area contributed by atoms with Gasteiger partial charge in [0, 0.05) is 34.5 Å². The zero-order valence-electron chi connectivity index (χ0n) is 22.4. The number of thioether (sulfide) groups is 1. The van der Waals surface area contributed by atoms with Gasteiger partial charge < -0.3 is 19.3 Å². The highest BCUT2D eigenvalue weighted by molar-refractivity contribution is 8.15. The van der Waals surface area contributed by atoms with Gasteiger partial charge in [-0.15, -0.1) is 0 Å². The molecule has 1 saturated heterocycles. The van der Waals surface area contributed by atoms with Crippen molar-refractivity contribution in [2.45, 2.75) is 75.2 Å². The molecule has 0 aromatic heterocycles. The lowest BCUT2D eigenvalue weighted by atomic mass is 9.44. The molecular formula is C28H34F2O7S2. The molecule has 4 aliphatic carbocycles. The Morgan fingerprint density at radius 1 is 1.26 bits per heavy atom. The number of ether oxygens (including phenoxy) is 3. The highest BCUT2D eigenvalue weighted by atomic mass is 32.2. The van der Waals surface area contributed by atoms with Crippen molar-refractivity contribution >= 4 is 45.9 Å². The number of aliphatic hydroxyl groups is 1. The molecule has 39 heavy (non-hydrogen) atoms. The van der Waals surface area contributed by atoms with Crippen LogP contribution in [0.5, 0.6) is 0 Å². The first kappa shape index (κ1) is 28.8. The molecule has 0 radical (unpaired) electrons. The standard InChI is InChI=1S/C28H34F2O7S2/c1-14-9-17-18-11-20(29)19-10-15(31)5-7-25(19,2)27(18,30)21(32)12-26(17,3)28(14,24(38)35-4)37-22(33)23(34)39-16-6-8-36-13-16/h5,7,10,14,16-18,20-21,32H,6,8-9,11-13H2,1-4H3/t14-,16?,17+,18+,20+,21+,25+,26+,27+,28+/m1/s1. The maximum atomic E-state index is 17.5. The third-order valence-corrected chi connectivity index (χ3v) is 11.8. The van der Waals surface area contributed by atoms with Crippen LogP contribution in [0.2, 0.25) is 0 Å². The Morgan fingerprint density at radius 3 is 2.62 bits per heavy atom. The van der Waals surface area contributed by atoms with E-state index in [1.54, 1.807) is 13.8 Å². The van der Waals surface area contributed by atoms with E-state index in [9.17, 15) is 19.5 Å². The first-order valence-corrected chi connectivity index (χ1v) is 14.6. The summed E-state index contributed by atoms with van der Waals surface area (Å²) in [5.74, 6) is -3.58. The van der Waals surface area contributed by atoms with Crippen LogP contribution in [-0.4, -0.2) is 76.1 Å². The van der Waals surface area contributed by atoms with E-state index < -0.39 is 69.0 Å². The molecule has 4 fully saturated rings. The van der Waals surface area contributed by atoms with Crippen molar-refractivity contribution in [2.75, 3.05) is 20.3 Å². The number of fused-ring (bicyclic) bond motifs is 5. The van der Waals surface area contributed by atoms with Crippen molar-refractivity contribution in [1.29, 1.82) is 0 Å². The predicted octanol–water partition coefficient (Wildman–Crippen LogP) is 3.86. The van der Waals surface area contributed by atoms with E-state index in [0.29, 0.717) is 26.1 Å². The van der Waals surface area contributed by atoms with E-state index in [0.717, 1.165) is 17.8 Å². The fourth-order valence-electron chi connectivity index (χ4n) is 8.36. The zero-order chi connectivity index (χ0) is 28.5. The molecule has 3 saturated carbocycles. The minimum atomic E-state index is -2.29. The molecule has 214 valence electrons. The Hall–Kier alpha value is -1.69. The smallest absolute Gasteiger partial charge is 0.387 e. The van der Waals surface area contributed by atoms with E-state index in [1.165, 1.54) is 26.2 Å². The summed E-state index contributed by atoms with van der Waals surface area (Å²) in [4.78, 5) is 38.2. The van der Waals surface area contributed by atoms with Gasteiger partial charge in [0.15, 0.2) is 17.1 Å². The van der Waals surface area contributed by atoms with Gasteiger partial charge in [0.2, 0.25) is 5.05 Å². The summed E-state index contributed by atoms with van der Waals surface area (Å²) < 4.78 is 50.0. The molecule has 0 aromatic rings. The second kappa shape index (κ2) is 9.70. The van der Waals surface area contributed by atoms with Crippen LogP contribution in [0.25, 0.3) is 0 Å². The van der Waals surface area contributed by atoms with Crippen LogP contribution in [0.1, 0.15) is 46.5 Å². The van der Waals surface area contributed by atoms with E-state index in [1.807, 2.05) is 0 Å². The average Bonchev–Trinajstić information content (AvgIpc) is 3.47. The third kappa shape index (κ3) is 3.85. The quantitative estimate of drug-likeness (QED) is 0.301. The number of ketones is 1. The Morgan fingerprint density at radius 2 is 1.97 bits per heavy atom. The van der Waals surface area contributed by atoms with Crippen LogP contribution in [0.4, 0.5) is 8.78 Å². The molecule has 10 atom stereocenters. The predicted molar refractivity (Wildman–Crippen MR) is 143 cm³/mol. The number of alkyl halides is 2. The number of carbonyl (C=O) groups is 3. The van der Waals surface area contributed by atoms with Crippen LogP contribution in [0, 0.1) is 28.6 Å². The highest BCUT2D eigenvalue weighted by Gasteiger charge is 2.78. The molecule has 0 spiro atoms. The molecule has 0 amide bonds. The summed E-state index contributed by atoms with van der Waals surface area (Å²) >= 11 is 6.47. The lowest BCUT2D eigenvalue weighted by Gasteiger charge is -2.63. The Labute approximate surface area is 236 Å². The number of hydrogen-bond donors (Lipinski definition) is 1. The summed E-state index contributed by atoms with van der Waals surface area (Å²) in [7, 11) is 1.34. The van der Waals surface area contributed by atoms with Crippen molar-refractivity contribution in [2.24, 2.45) is 28.6 Å². The number of aliphatic hydroxyl groups excluding tert-OH is 1. The van der Waals surface area contributed by atoms with Gasteiger partial charge in [-0.2, -0.15) is 0 Å². The number of halogens is 2. The molecule has 5 rings (SSSR count). The van der Waals surface area contributed by atoms with Gasteiger partial charge in [0.1, 0.15) is 6.17 Å². The molecule has 11 heteroatoms. The van der Waals surface area contributed by atoms with Crippen LogP contribution in [0.15, 0.2) is 23.8 Å². The van der Waals surface area contributed by atoms with Gasteiger partial charge in [-0.1, -0.05) is 31.7 Å². The minimum absolute atomic E-state index is 0.0334. The van der Waals surface area contributed by atoms with Crippen molar-refractivity contribution < 1.29 is 42.5 Å². The second-order valence-corrected chi connectivity index (χ2v) is 13.6.